The maximum atomic E-state index is 13.5. The summed E-state index contributed by atoms with van der Waals surface area (Å²) in [6, 6.07) is 8.08. The maximum absolute atomic E-state index is 13.5. The SMILES string of the molecule is Cc1cccc(C(=O)c2ccc(F)cc2F)c1Br. The number of hydrogen-bond donors (Lipinski definition) is 0. The van der Waals surface area contributed by atoms with E-state index in [1.807, 2.05) is 13.0 Å². The van der Waals surface area contributed by atoms with Crippen molar-refractivity contribution in [2.75, 3.05) is 0 Å². The summed E-state index contributed by atoms with van der Waals surface area (Å²) in [6.07, 6.45) is 0. The van der Waals surface area contributed by atoms with Gasteiger partial charge < -0.3 is 0 Å². The molecule has 4 heteroatoms. The summed E-state index contributed by atoms with van der Waals surface area (Å²) in [4.78, 5) is 12.2. The lowest BCUT2D eigenvalue weighted by molar-refractivity contribution is 0.103. The highest BCUT2D eigenvalue weighted by molar-refractivity contribution is 9.10. The zero-order chi connectivity index (χ0) is 13.3. The number of aryl methyl sites for hydroxylation is 1. The number of benzene rings is 2. The Kier molecular flexibility index (Phi) is 3.57. The number of carbonyl (C=O) groups excluding carboxylic acids is 1. The molecule has 0 saturated carbocycles. The van der Waals surface area contributed by atoms with E-state index >= 15 is 0 Å². The van der Waals surface area contributed by atoms with Crippen LogP contribution in [0.4, 0.5) is 8.78 Å². The minimum absolute atomic E-state index is 0.136. The van der Waals surface area contributed by atoms with Gasteiger partial charge in [-0.3, -0.25) is 4.79 Å². The Morgan fingerprint density at radius 1 is 1.11 bits per heavy atom. The first-order chi connectivity index (χ1) is 8.50. The maximum Gasteiger partial charge on any atom is 0.197 e. The van der Waals surface area contributed by atoms with Crippen LogP contribution in [0.25, 0.3) is 0 Å². The van der Waals surface area contributed by atoms with E-state index in [9.17, 15) is 13.6 Å². The molecule has 0 aliphatic rings. The molecule has 0 N–H and O–H groups in total. The molecule has 0 aromatic heterocycles. The first kappa shape index (κ1) is 12.9. The summed E-state index contributed by atoms with van der Waals surface area (Å²) in [5.74, 6) is -2.02. The Balaban J connectivity index is 2.51. The van der Waals surface area contributed by atoms with Crippen LogP contribution >= 0.6 is 15.9 Å². The first-order valence-corrected chi connectivity index (χ1v) is 6.05. The van der Waals surface area contributed by atoms with Crippen LogP contribution in [0.1, 0.15) is 21.5 Å². The van der Waals surface area contributed by atoms with Gasteiger partial charge in [0, 0.05) is 16.1 Å². The average Bonchev–Trinajstić information content (AvgIpc) is 2.32. The Morgan fingerprint density at radius 2 is 1.83 bits per heavy atom. The first-order valence-electron chi connectivity index (χ1n) is 5.25. The topological polar surface area (TPSA) is 17.1 Å². The molecule has 92 valence electrons. The molecule has 0 atom stereocenters. The van der Waals surface area contributed by atoms with Crippen molar-refractivity contribution in [3.05, 3.63) is 69.2 Å². The molecule has 0 amide bonds. The fourth-order valence-electron chi connectivity index (χ4n) is 1.64. The van der Waals surface area contributed by atoms with Gasteiger partial charge >= 0.3 is 0 Å². The van der Waals surface area contributed by atoms with E-state index in [0.717, 1.165) is 17.7 Å². The smallest absolute Gasteiger partial charge is 0.197 e. The van der Waals surface area contributed by atoms with Crippen molar-refractivity contribution in [3.8, 4) is 0 Å². The van der Waals surface area contributed by atoms with Crippen molar-refractivity contribution in [2.24, 2.45) is 0 Å². The highest BCUT2D eigenvalue weighted by atomic mass is 79.9. The molecule has 0 radical (unpaired) electrons. The Morgan fingerprint density at radius 3 is 2.50 bits per heavy atom. The van der Waals surface area contributed by atoms with E-state index in [0.29, 0.717) is 16.1 Å². The molecule has 0 aliphatic carbocycles. The van der Waals surface area contributed by atoms with Crippen LogP contribution in [0.3, 0.4) is 0 Å². The van der Waals surface area contributed by atoms with Gasteiger partial charge in [-0.25, -0.2) is 8.78 Å². The second-order valence-electron chi connectivity index (χ2n) is 3.89. The number of carbonyl (C=O) groups is 1. The van der Waals surface area contributed by atoms with Gasteiger partial charge in [-0.2, -0.15) is 0 Å². The van der Waals surface area contributed by atoms with Crippen LogP contribution in [-0.2, 0) is 0 Å². The summed E-state index contributed by atoms with van der Waals surface area (Å²) in [5.41, 5.74) is 1.10. The van der Waals surface area contributed by atoms with Crippen molar-refractivity contribution < 1.29 is 13.6 Å². The standard InChI is InChI=1S/C14H9BrF2O/c1-8-3-2-4-11(13(8)15)14(18)10-6-5-9(16)7-12(10)17/h2-7H,1H3. The minimum Gasteiger partial charge on any atom is -0.288 e. The van der Waals surface area contributed by atoms with Crippen molar-refractivity contribution in [3.63, 3.8) is 0 Å². The lowest BCUT2D eigenvalue weighted by Gasteiger charge is -2.07. The molecular weight excluding hydrogens is 302 g/mol. The van der Waals surface area contributed by atoms with Gasteiger partial charge in [-0.05, 0) is 46.6 Å². The molecule has 0 spiro atoms. The van der Waals surface area contributed by atoms with Gasteiger partial charge in [0.1, 0.15) is 11.6 Å². The number of hydrogen-bond acceptors (Lipinski definition) is 1. The van der Waals surface area contributed by atoms with E-state index in [1.165, 1.54) is 0 Å². The zero-order valence-electron chi connectivity index (χ0n) is 9.51. The lowest BCUT2D eigenvalue weighted by Crippen LogP contribution is -2.06. The molecule has 0 unspecified atom stereocenters. The third-order valence-electron chi connectivity index (χ3n) is 2.61. The Hall–Kier alpha value is -1.55. The van der Waals surface area contributed by atoms with E-state index in [2.05, 4.69) is 15.9 Å². The second-order valence-corrected chi connectivity index (χ2v) is 4.68. The Bertz CT molecular complexity index is 623. The molecule has 0 fully saturated rings. The lowest BCUT2D eigenvalue weighted by atomic mass is 10.0. The average molecular weight is 311 g/mol. The third kappa shape index (κ3) is 2.34. The molecule has 0 heterocycles. The van der Waals surface area contributed by atoms with Crippen LogP contribution < -0.4 is 0 Å². The van der Waals surface area contributed by atoms with Crippen molar-refractivity contribution in [2.45, 2.75) is 6.92 Å². The fraction of sp³-hybridized carbons (Fsp3) is 0.0714. The van der Waals surface area contributed by atoms with Gasteiger partial charge in [0.05, 0.1) is 5.56 Å². The fourth-order valence-corrected chi connectivity index (χ4v) is 2.09. The summed E-state index contributed by atoms with van der Waals surface area (Å²) in [5, 5.41) is 0. The largest absolute Gasteiger partial charge is 0.288 e. The molecule has 0 bridgehead atoms. The summed E-state index contributed by atoms with van der Waals surface area (Å²) in [7, 11) is 0. The molecule has 1 nitrogen and oxygen atoms in total. The highest BCUT2D eigenvalue weighted by Crippen LogP contribution is 2.24. The van der Waals surface area contributed by atoms with Gasteiger partial charge in [0.2, 0.25) is 0 Å². The van der Waals surface area contributed by atoms with Crippen LogP contribution in [0.15, 0.2) is 40.9 Å². The van der Waals surface area contributed by atoms with Gasteiger partial charge in [0.25, 0.3) is 0 Å². The summed E-state index contributed by atoms with van der Waals surface area (Å²) < 4.78 is 27.0. The minimum atomic E-state index is -0.853. The monoisotopic (exact) mass is 310 g/mol. The van der Waals surface area contributed by atoms with Crippen LogP contribution in [-0.4, -0.2) is 5.78 Å². The normalized spacial score (nSPS) is 10.4. The van der Waals surface area contributed by atoms with Crippen molar-refractivity contribution >= 4 is 21.7 Å². The highest BCUT2D eigenvalue weighted by Gasteiger charge is 2.17. The van der Waals surface area contributed by atoms with Crippen molar-refractivity contribution in [1.29, 1.82) is 0 Å². The molecule has 18 heavy (non-hydrogen) atoms. The number of rotatable bonds is 2. The number of ketones is 1. The van der Waals surface area contributed by atoms with E-state index in [4.69, 9.17) is 0 Å². The molecular formula is C14H9BrF2O. The number of halogens is 3. The van der Waals surface area contributed by atoms with Crippen LogP contribution in [0.2, 0.25) is 0 Å². The van der Waals surface area contributed by atoms with E-state index < -0.39 is 17.4 Å². The second kappa shape index (κ2) is 4.98. The van der Waals surface area contributed by atoms with Crippen LogP contribution in [0.5, 0.6) is 0 Å². The third-order valence-corrected chi connectivity index (χ3v) is 3.66. The predicted octanol–water partition coefficient (Wildman–Crippen LogP) is 4.27. The van der Waals surface area contributed by atoms with E-state index in [1.54, 1.807) is 12.1 Å². The van der Waals surface area contributed by atoms with Crippen LogP contribution in [0, 0.1) is 18.6 Å². The molecule has 0 aliphatic heterocycles. The summed E-state index contributed by atoms with van der Waals surface area (Å²) >= 11 is 3.30. The molecule has 2 aromatic carbocycles. The van der Waals surface area contributed by atoms with Crippen molar-refractivity contribution in [1.82, 2.24) is 0 Å². The van der Waals surface area contributed by atoms with Gasteiger partial charge in [-0.1, -0.05) is 12.1 Å². The van der Waals surface area contributed by atoms with Gasteiger partial charge in [0.15, 0.2) is 5.78 Å². The quantitative estimate of drug-likeness (QED) is 0.757. The molecule has 0 saturated heterocycles. The van der Waals surface area contributed by atoms with E-state index in [-0.39, 0.29) is 5.56 Å². The Labute approximate surface area is 112 Å². The summed E-state index contributed by atoms with van der Waals surface area (Å²) in [6.45, 7) is 1.84. The molecule has 2 rings (SSSR count). The molecule has 2 aromatic rings. The zero-order valence-corrected chi connectivity index (χ0v) is 11.1. The predicted molar refractivity (Wildman–Crippen MR) is 68.7 cm³/mol. The van der Waals surface area contributed by atoms with Gasteiger partial charge in [-0.15, -0.1) is 0 Å².